The van der Waals surface area contributed by atoms with Crippen LogP contribution in [0.1, 0.15) is 23.1 Å². The fourth-order valence-electron chi connectivity index (χ4n) is 4.06. The van der Waals surface area contributed by atoms with Gasteiger partial charge in [-0.3, -0.25) is 9.80 Å². The largest absolute Gasteiger partial charge is 0.496 e. The summed E-state index contributed by atoms with van der Waals surface area (Å²) in [7, 11) is 3.32. The van der Waals surface area contributed by atoms with Crippen LogP contribution in [0, 0.1) is 11.6 Å². The second-order valence-corrected chi connectivity index (χ2v) is 7.70. The van der Waals surface area contributed by atoms with Gasteiger partial charge in [0.25, 0.3) is 0 Å². The number of hydrogen-bond donors (Lipinski definition) is 1. The summed E-state index contributed by atoms with van der Waals surface area (Å²) in [5.41, 5.74) is 2.94. The quantitative estimate of drug-likeness (QED) is 0.675. The molecular formula is C23H30F2N2O3. The molecule has 0 unspecified atom stereocenters. The highest BCUT2D eigenvalue weighted by atomic mass is 19.2. The lowest BCUT2D eigenvalue weighted by atomic mass is 10.0. The first-order valence-electron chi connectivity index (χ1n) is 10.2. The summed E-state index contributed by atoms with van der Waals surface area (Å²) in [6, 6.07) is 10.3. The summed E-state index contributed by atoms with van der Waals surface area (Å²) in [6.45, 7) is 4.37. The van der Waals surface area contributed by atoms with E-state index in [1.165, 1.54) is 17.7 Å². The van der Waals surface area contributed by atoms with Gasteiger partial charge >= 0.3 is 0 Å². The lowest BCUT2D eigenvalue weighted by Gasteiger charge is -2.41. The Hall–Kier alpha value is -2.06. The molecule has 0 aromatic heterocycles. The molecule has 30 heavy (non-hydrogen) atoms. The van der Waals surface area contributed by atoms with Crippen molar-refractivity contribution in [3.05, 3.63) is 64.7 Å². The molecule has 2 aromatic carbocycles. The van der Waals surface area contributed by atoms with Gasteiger partial charge in [0.2, 0.25) is 0 Å². The molecule has 1 aliphatic heterocycles. The molecule has 0 spiro atoms. The molecule has 5 nitrogen and oxygen atoms in total. The number of aliphatic hydroxyl groups excluding tert-OH is 1. The van der Waals surface area contributed by atoms with Crippen LogP contribution in [-0.2, 0) is 24.4 Å². The molecule has 164 valence electrons. The van der Waals surface area contributed by atoms with Crippen LogP contribution in [-0.4, -0.2) is 61.4 Å². The van der Waals surface area contributed by atoms with E-state index in [0.29, 0.717) is 19.6 Å². The average Bonchev–Trinajstić information content (AvgIpc) is 2.73. The summed E-state index contributed by atoms with van der Waals surface area (Å²) in [5, 5.41) is 9.53. The van der Waals surface area contributed by atoms with Gasteiger partial charge in [-0.25, -0.2) is 8.78 Å². The van der Waals surface area contributed by atoms with Crippen LogP contribution in [0.3, 0.4) is 0 Å². The number of rotatable bonds is 9. The van der Waals surface area contributed by atoms with Gasteiger partial charge in [0.15, 0.2) is 11.6 Å². The first kappa shape index (κ1) is 22.6. The Morgan fingerprint density at radius 3 is 2.47 bits per heavy atom. The lowest BCUT2D eigenvalue weighted by molar-refractivity contribution is 0.0498. The maximum Gasteiger partial charge on any atom is 0.159 e. The molecule has 7 heteroatoms. The topological polar surface area (TPSA) is 45.2 Å². The van der Waals surface area contributed by atoms with Gasteiger partial charge in [0.05, 0.1) is 13.7 Å². The van der Waals surface area contributed by atoms with Crippen LogP contribution in [0.4, 0.5) is 8.78 Å². The fourth-order valence-corrected chi connectivity index (χ4v) is 4.06. The van der Waals surface area contributed by atoms with Gasteiger partial charge < -0.3 is 14.6 Å². The number of benzene rings is 2. The van der Waals surface area contributed by atoms with Gasteiger partial charge in [0.1, 0.15) is 5.75 Å². The molecule has 1 aliphatic rings. The van der Waals surface area contributed by atoms with Crippen LogP contribution < -0.4 is 4.74 Å². The fraction of sp³-hybridized carbons (Fsp3) is 0.478. The molecule has 0 saturated carbocycles. The summed E-state index contributed by atoms with van der Waals surface area (Å²) >= 11 is 0. The first-order chi connectivity index (χ1) is 14.5. The minimum Gasteiger partial charge on any atom is -0.496 e. The van der Waals surface area contributed by atoms with Crippen molar-refractivity contribution in [1.29, 1.82) is 0 Å². The van der Waals surface area contributed by atoms with Crippen LogP contribution >= 0.6 is 0 Å². The highest BCUT2D eigenvalue weighted by Gasteiger charge is 2.27. The third kappa shape index (κ3) is 5.76. The highest BCUT2D eigenvalue weighted by Crippen LogP contribution is 2.23. The second kappa shape index (κ2) is 10.8. The number of aliphatic hydroxyl groups is 1. The van der Waals surface area contributed by atoms with E-state index >= 15 is 0 Å². The van der Waals surface area contributed by atoms with Gasteiger partial charge in [-0.05, 0) is 41.8 Å². The van der Waals surface area contributed by atoms with Crippen molar-refractivity contribution in [1.82, 2.24) is 9.80 Å². The van der Waals surface area contributed by atoms with E-state index in [0.717, 1.165) is 43.1 Å². The van der Waals surface area contributed by atoms with Crippen LogP contribution in [0.5, 0.6) is 5.75 Å². The van der Waals surface area contributed by atoms with E-state index in [4.69, 9.17) is 9.47 Å². The van der Waals surface area contributed by atoms with E-state index < -0.39 is 11.6 Å². The SMILES string of the molecule is COCc1cc(CN2CCN(Cc3ccc(F)c(F)c3)[C@@H](CCO)C2)ccc1OC. The summed E-state index contributed by atoms with van der Waals surface area (Å²) in [5.74, 6) is -0.839. The predicted octanol–water partition coefficient (Wildman–Crippen LogP) is 3.19. The Labute approximate surface area is 176 Å². The number of ether oxygens (including phenoxy) is 2. The minimum absolute atomic E-state index is 0.0906. The Kier molecular flexibility index (Phi) is 8.16. The molecular weight excluding hydrogens is 390 g/mol. The van der Waals surface area contributed by atoms with Crippen molar-refractivity contribution < 1.29 is 23.4 Å². The maximum absolute atomic E-state index is 13.6. The molecule has 0 aliphatic carbocycles. The molecule has 0 radical (unpaired) electrons. The number of piperazine rings is 1. The zero-order valence-corrected chi connectivity index (χ0v) is 17.6. The normalized spacial score (nSPS) is 18.0. The smallest absolute Gasteiger partial charge is 0.159 e. The van der Waals surface area contributed by atoms with Crippen molar-refractivity contribution in [2.75, 3.05) is 40.5 Å². The number of nitrogens with zero attached hydrogens (tertiary/aromatic N) is 2. The monoisotopic (exact) mass is 420 g/mol. The molecule has 1 fully saturated rings. The molecule has 0 amide bonds. The summed E-state index contributed by atoms with van der Waals surface area (Å²) in [4.78, 5) is 4.60. The Bertz CT molecular complexity index is 834. The minimum atomic E-state index is -0.831. The maximum atomic E-state index is 13.6. The van der Waals surface area contributed by atoms with E-state index in [-0.39, 0.29) is 12.6 Å². The zero-order valence-electron chi connectivity index (χ0n) is 17.6. The van der Waals surface area contributed by atoms with Crippen molar-refractivity contribution in [2.24, 2.45) is 0 Å². The first-order valence-corrected chi connectivity index (χ1v) is 10.2. The summed E-state index contributed by atoms with van der Waals surface area (Å²) in [6.07, 6.45) is 0.637. The molecule has 3 rings (SSSR count). The molecule has 1 N–H and O–H groups in total. The second-order valence-electron chi connectivity index (χ2n) is 7.70. The lowest BCUT2D eigenvalue weighted by Crippen LogP contribution is -2.52. The predicted molar refractivity (Wildman–Crippen MR) is 111 cm³/mol. The third-order valence-corrected chi connectivity index (χ3v) is 5.57. The zero-order chi connectivity index (χ0) is 21.5. The molecule has 0 bridgehead atoms. The summed E-state index contributed by atoms with van der Waals surface area (Å²) < 4.78 is 37.5. The van der Waals surface area contributed by atoms with Gasteiger partial charge in [0, 0.05) is 58.0 Å². The van der Waals surface area contributed by atoms with E-state index in [1.807, 2.05) is 6.07 Å². The highest BCUT2D eigenvalue weighted by molar-refractivity contribution is 5.37. The Morgan fingerprint density at radius 2 is 1.77 bits per heavy atom. The van der Waals surface area contributed by atoms with Crippen LogP contribution in [0.15, 0.2) is 36.4 Å². The molecule has 2 aromatic rings. The molecule has 1 saturated heterocycles. The third-order valence-electron chi connectivity index (χ3n) is 5.57. The van der Waals surface area contributed by atoms with Crippen molar-refractivity contribution in [3.63, 3.8) is 0 Å². The average molecular weight is 421 g/mol. The number of hydrogen-bond acceptors (Lipinski definition) is 5. The van der Waals surface area contributed by atoms with Crippen LogP contribution in [0.25, 0.3) is 0 Å². The van der Waals surface area contributed by atoms with Gasteiger partial charge in [-0.15, -0.1) is 0 Å². The van der Waals surface area contributed by atoms with Gasteiger partial charge in [-0.2, -0.15) is 0 Å². The van der Waals surface area contributed by atoms with E-state index in [2.05, 4.69) is 21.9 Å². The number of halogens is 2. The van der Waals surface area contributed by atoms with Crippen molar-refractivity contribution in [2.45, 2.75) is 32.2 Å². The van der Waals surface area contributed by atoms with Crippen molar-refractivity contribution in [3.8, 4) is 5.75 Å². The standard InChI is InChI=1S/C23H30F2N2O3/c1-29-16-19-11-17(4-6-23(19)30-2)13-26-8-9-27(20(15-26)7-10-28)14-18-3-5-21(24)22(25)12-18/h3-6,11-12,20,28H,7-10,13-16H2,1-2H3/t20-/m0/s1. The van der Waals surface area contributed by atoms with Crippen molar-refractivity contribution >= 4 is 0 Å². The molecule has 1 heterocycles. The molecule has 1 atom stereocenters. The number of methoxy groups -OCH3 is 2. The van der Waals surface area contributed by atoms with E-state index in [1.54, 1.807) is 20.3 Å². The van der Waals surface area contributed by atoms with Gasteiger partial charge in [-0.1, -0.05) is 12.1 Å². The Morgan fingerprint density at radius 1 is 1.00 bits per heavy atom. The Balaban J connectivity index is 1.66. The van der Waals surface area contributed by atoms with Crippen LogP contribution in [0.2, 0.25) is 0 Å². The van der Waals surface area contributed by atoms with E-state index in [9.17, 15) is 13.9 Å².